The van der Waals surface area contributed by atoms with E-state index >= 15 is 0 Å². The molecule has 2 aliphatic carbocycles. The van der Waals surface area contributed by atoms with Crippen LogP contribution >= 0.6 is 0 Å². The number of likely N-dealkylation sites (tertiary alicyclic amines) is 1. The summed E-state index contributed by atoms with van der Waals surface area (Å²) in [6.07, 6.45) is 20.5. The molecule has 3 aliphatic rings. The number of aromatic nitrogens is 3. The van der Waals surface area contributed by atoms with Crippen LogP contribution < -0.4 is 4.48 Å². The van der Waals surface area contributed by atoms with E-state index in [0.717, 1.165) is 40.8 Å². The molecule has 23 heavy (non-hydrogen) atoms. The molecule has 2 saturated carbocycles. The molecule has 10 radical (unpaired) electrons. The molecule has 4 heteroatoms. The lowest BCUT2D eigenvalue weighted by Crippen LogP contribution is -2.50. The van der Waals surface area contributed by atoms with Crippen molar-refractivity contribution in [2.24, 2.45) is 0 Å². The zero-order valence-corrected chi connectivity index (χ0v) is 13.4. The SMILES string of the molecule is C[N+]1(c2c([C]3[CH][CH][CH][CH]3)nnnc2[C]2[CH][CH][CH][CH]2)CCCCC1. The molecule has 1 aromatic heterocycles. The van der Waals surface area contributed by atoms with Gasteiger partial charge in [0.15, 0.2) is 5.69 Å². The Morgan fingerprint density at radius 2 is 1.22 bits per heavy atom. The molecule has 0 spiro atoms. The van der Waals surface area contributed by atoms with Crippen molar-refractivity contribution in [3.8, 4) is 0 Å². The van der Waals surface area contributed by atoms with Crippen molar-refractivity contribution in [2.75, 3.05) is 20.1 Å². The highest BCUT2D eigenvalue weighted by atomic mass is 15.4. The lowest BCUT2D eigenvalue weighted by Gasteiger charge is -2.39. The Hall–Kier alpha value is -1.03. The molecule has 0 bridgehead atoms. The first-order chi connectivity index (χ1) is 11.3. The van der Waals surface area contributed by atoms with Gasteiger partial charge in [0.05, 0.1) is 20.1 Å². The predicted octanol–water partition coefficient (Wildman–Crippen LogP) is 2.50. The van der Waals surface area contributed by atoms with Crippen LogP contribution in [0.3, 0.4) is 0 Å². The van der Waals surface area contributed by atoms with Crippen LogP contribution in [0.4, 0.5) is 5.69 Å². The van der Waals surface area contributed by atoms with Crippen molar-refractivity contribution in [3.63, 3.8) is 0 Å². The van der Waals surface area contributed by atoms with Crippen LogP contribution in [0.1, 0.15) is 30.7 Å². The number of piperidine rings is 1. The predicted molar refractivity (Wildman–Crippen MR) is 90.2 cm³/mol. The molecular weight excluding hydrogens is 284 g/mol. The average molecular weight is 305 g/mol. The Morgan fingerprint density at radius 1 is 0.739 bits per heavy atom. The second-order valence-electron chi connectivity index (χ2n) is 6.59. The quantitative estimate of drug-likeness (QED) is 0.805. The van der Waals surface area contributed by atoms with Gasteiger partial charge < -0.3 is 0 Å². The highest BCUT2D eigenvalue weighted by Crippen LogP contribution is 2.43. The van der Waals surface area contributed by atoms with Gasteiger partial charge in [-0.1, -0.05) is 0 Å². The zero-order valence-electron chi connectivity index (χ0n) is 13.4. The van der Waals surface area contributed by atoms with E-state index < -0.39 is 0 Å². The first kappa shape index (κ1) is 15.5. The van der Waals surface area contributed by atoms with Crippen LogP contribution in [0, 0.1) is 63.2 Å². The van der Waals surface area contributed by atoms with Gasteiger partial charge in [-0.2, -0.15) is 0 Å². The van der Waals surface area contributed by atoms with Crippen LogP contribution in [-0.4, -0.2) is 35.5 Å². The normalized spacial score (nSPS) is 26.0. The van der Waals surface area contributed by atoms with Crippen LogP contribution in [0.5, 0.6) is 0 Å². The topological polar surface area (TPSA) is 38.7 Å². The van der Waals surface area contributed by atoms with E-state index in [1.807, 2.05) is 0 Å². The number of quaternary nitrogens is 1. The first-order valence-electron chi connectivity index (χ1n) is 8.31. The summed E-state index contributed by atoms with van der Waals surface area (Å²) in [5.41, 5.74) is 3.17. The smallest absolute Gasteiger partial charge is 0.181 e. The van der Waals surface area contributed by atoms with Crippen molar-refractivity contribution >= 4 is 5.69 Å². The maximum absolute atomic E-state index is 4.44. The lowest BCUT2D eigenvalue weighted by atomic mass is 9.93. The van der Waals surface area contributed by atoms with E-state index in [-0.39, 0.29) is 0 Å². The van der Waals surface area contributed by atoms with Crippen molar-refractivity contribution in [1.29, 1.82) is 0 Å². The molecular formula is C19H21N4+. The molecule has 2 heterocycles. The summed E-state index contributed by atoms with van der Waals surface area (Å²) in [4.78, 5) is 0. The van der Waals surface area contributed by atoms with Crippen LogP contribution in [0.15, 0.2) is 0 Å². The standard InChI is InChI=1S/C19H21N4/c1-23(13-7-2-8-14-23)19-17(15-9-3-4-10-15)20-22-21-18(19)16-11-5-6-12-16/h3-6,9-12H,2,7-8,13-14H2,1H3/q+1. The highest BCUT2D eigenvalue weighted by molar-refractivity contribution is 5.67. The Kier molecular flexibility index (Phi) is 4.35. The van der Waals surface area contributed by atoms with Gasteiger partial charge in [0, 0.05) is 11.8 Å². The van der Waals surface area contributed by atoms with Gasteiger partial charge in [0.2, 0.25) is 0 Å². The highest BCUT2D eigenvalue weighted by Gasteiger charge is 2.40. The van der Waals surface area contributed by atoms with Gasteiger partial charge in [-0.25, -0.2) is 0 Å². The van der Waals surface area contributed by atoms with E-state index in [1.54, 1.807) is 0 Å². The van der Waals surface area contributed by atoms with Gasteiger partial charge in [0.1, 0.15) is 11.4 Å². The maximum atomic E-state index is 4.44. The van der Waals surface area contributed by atoms with Crippen LogP contribution in [-0.2, 0) is 0 Å². The van der Waals surface area contributed by atoms with E-state index in [1.165, 1.54) is 24.9 Å². The number of nitrogens with zero attached hydrogens (tertiary/aromatic N) is 4. The van der Waals surface area contributed by atoms with Crippen molar-refractivity contribution in [3.05, 3.63) is 74.6 Å². The monoisotopic (exact) mass is 305 g/mol. The van der Waals surface area contributed by atoms with Gasteiger partial charge in [-0.15, -0.1) is 10.2 Å². The number of hydrogen-bond donors (Lipinski definition) is 0. The summed E-state index contributed by atoms with van der Waals surface area (Å²) in [7, 11) is 2.32. The minimum Gasteiger partial charge on any atom is -0.290 e. The summed E-state index contributed by atoms with van der Waals surface area (Å²) in [5.74, 6) is 2.26. The Labute approximate surface area is 140 Å². The minimum absolute atomic E-state index is 0.892. The third-order valence-electron chi connectivity index (χ3n) is 4.95. The van der Waals surface area contributed by atoms with Crippen molar-refractivity contribution in [2.45, 2.75) is 19.3 Å². The van der Waals surface area contributed by atoms with Crippen molar-refractivity contribution < 1.29 is 0 Å². The third-order valence-corrected chi connectivity index (χ3v) is 4.95. The Bertz CT molecular complexity index is 504. The van der Waals surface area contributed by atoms with Gasteiger partial charge in [0.25, 0.3) is 0 Å². The fourth-order valence-electron chi connectivity index (χ4n) is 3.72. The van der Waals surface area contributed by atoms with Crippen LogP contribution in [0.2, 0.25) is 0 Å². The fraction of sp³-hybridized carbons (Fsp3) is 0.316. The molecule has 0 amide bonds. The molecule has 0 N–H and O–H groups in total. The summed E-state index contributed by atoms with van der Waals surface area (Å²) >= 11 is 0. The molecule has 1 saturated heterocycles. The van der Waals surface area contributed by atoms with Gasteiger partial charge in [-0.3, -0.25) is 4.48 Å². The molecule has 0 aromatic carbocycles. The van der Waals surface area contributed by atoms with E-state index in [9.17, 15) is 0 Å². The first-order valence-corrected chi connectivity index (χ1v) is 8.31. The second kappa shape index (κ2) is 6.46. The van der Waals surface area contributed by atoms with E-state index in [2.05, 4.69) is 73.8 Å². The fourth-order valence-corrected chi connectivity index (χ4v) is 3.72. The van der Waals surface area contributed by atoms with Crippen LogP contribution in [0.25, 0.3) is 0 Å². The lowest BCUT2D eigenvalue weighted by molar-refractivity contribution is 0.270. The Balaban J connectivity index is 1.80. The van der Waals surface area contributed by atoms with Gasteiger partial charge >= 0.3 is 0 Å². The Morgan fingerprint density at radius 3 is 1.70 bits per heavy atom. The largest absolute Gasteiger partial charge is 0.290 e. The minimum atomic E-state index is 0.892. The zero-order chi connectivity index (χ0) is 15.7. The van der Waals surface area contributed by atoms with E-state index in [4.69, 9.17) is 0 Å². The molecule has 4 nitrogen and oxygen atoms in total. The summed E-state index contributed by atoms with van der Waals surface area (Å²) in [6.45, 7) is 2.27. The summed E-state index contributed by atoms with van der Waals surface area (Å²) in [5, 5.41) is 12.9. The van der Waals surface area contributed by atoms with Gasteiger partial charge in [-0.05, 0) is 75.8 Å². The maximum Gasteiger partial charge on any atom is 0.181 e. The summed E-state index contributed by atoms with van der Waals surface area (Å²) in [6, 6.07) is 0. The molecule has 1 aliphatic heterocycles. The second-order valence-corrected chi connectivity index (χ2v) is 6.59. The molecule has 3 fully saturated rings. The molecule has 1 aromatic rings. The molecule has 116 valence electrons. The van der Waals surface area contributed by atoms with E-state index in [0.29, 0.717) is 0 Å². The number of hydrogen-bond acceptors (Lipinski definition) is 3. The average Bonchev–Trinajstić information content (AvgIpc) is 3.28. The molecule has 0 unspecified atom stereocenters. The third kappa shape index (κ3) is 2.90. The molecule has 4 rings (SSSR count). The molecule has 0 atom stereocenters. The summed E-state index contributed by atoms with van der Waals surface area (Å²) < 4.78 is 0.892. The number of rotatable bonds is 3. The van der Waals surface area contributed by atoms with Crippen molar-refractivity contribution in [1.82, 2.24) is 19.9 Å².